The van der Waals surface area contributed by atoms with Crippen LogP contribution in [0.4, 0.5) is 0 Å². The predicted octanol–water partition coefficient (Wildman–Crippen LogP) is -0.591. The van der Waals surface area contributed by atoms with Gasteiger partial charge in [-0.2, -0.15) is 0 Å². The number of carbonyl (C=O) groups is 2. The Kier molecular flexibility index (Phi) is 5.19. The third-order valence-electron chi connectivity index (χ3n) is 2.16. The van der Waals surface area contributed by atoms with Crippen LogP contribution in [0.15, 0.2) is 18.3 Å². The first-order valence-electron chi connectivity index (χ1n) is 5.25. The summed E-state index contributed by atoms with van der Waals surface area (Å²) in [5.41, 5.74) is 6.86. The SMILES string of the molecule is Cc1cccnc1CNC(=O)C(=O)NCC(N)=S. The molecule has 96 valence electrons. The molecule has 1 aromatic heterocycles. The Morgan fingerprint density at radius 2 is 2.06 bits per heavy atom. The van der Waals surface area contributed by atoms with Crippen molar-refractivity contribution in [3.63, 3.8) is 0 Å². The summed E-state index contributed by atoms with van der Waals surface area (Å²) in [5, 5.41) is 4.76. The zero-order valence-corrected chi connectivity index (χ0v) is 10.7. The lowest BCUT2D eigenvalue weighted by Gasteiger charge is -2.07. The number of hydrogen-bond donors (Lipinski definition) is 3. The summed E-state index contributed by atoms with van der Waals surface area (Å²) in [6.07, 6.45) is 1.63. The Morgan fingerprint density at radius 3 is 2.67 bits per heavy atom. The molecule has 0 spiro atoms. The van der Waals surface area contributed by atoms with Crippen molar-refractivity contribution in [3.8, 4) is 0 Å². The molecule has 0 aliphatic rings. The molecule has 6 nitrogen and oxygen atoms in total. The van der Waals surface area contributed by atoms with E-state index in [2.05, 4.69) is 27.8 Å². The Labute approximate surface area is 110 Å². The van der Waals surface area contributed by atoms with Crippen LogP contribution in [0.2, 0.25) is 0 Å². The van der Waals surface area contributed by atoms with Crippen molar-refractivity contribution < 1.29 is 9.59 Å². The Balaban J connectivity index is 2.44. The molecule has 1 aromatic rings. The number of carbonyl (C=O) groups excluding carboxylic acids is 2. The lowest BCUT2D eigenvalue weighted by atomic mass is 10.2. The molecular weight excluding hydrogens is 252 g/mol. The Morgan fingerprint density at radius 1 is 1.39 bits per heavy atom. The van der Waals surface area contributed by atoms with E-state index in [-0.39, 0.29) is 18.1 Å². The third-order valence-corrected chi connectivity index (χ3v) is 2.31. The van der Waals surface area contributed by atoms with Gasteiger partial charge in [0.2, 0.25) is 0 Å². The second-order valence-electron chi connectivity index (χ2n) is 3.60. The minimum absolute atomic E-state index is 0.00417. The van der Waals surface area contributed by atoms with Gasteiger partial charge in [-0.15, -0.1) is 0 Å². The van der Waals surface area contributed by atoms with E-state index in [9.17, 15) is 9.59 Å². The molecule has 0 unspecified atom stereocenters. The van der Waals surface area contributed by atoms with Crippen LogP contribution in [0.25, 0.3) is 0 Å². The zero-order valence-electron chi connectivity index (χ0n) is 9.90. The van der Waals surface area contributed by atoms with Crippen LogP contribution < -0.4 is 16.4 Å². The molecule has 4 N–H and O–H groups in total. The number of nitrogens with two attached hydrogens (primary N) is 1. The van der Waals surface area contributed by atoms with Crippen LogP contribution in [0.5, 0.6) is 0 Å². The van der Waals surface area contributed by atoms with Crippen LogP contribution in [-0.4, -0.2) is 28.3 Å². The van der Waals surface area contributed by atoms with Gasteiger partial charge in [-0.05, 0) is 18.6 Å². The molecule has 0 fully saturated rings. The fourth-order valence-corrected chi connectivity index (χ4v) is 1.27. The van der Waals surface area contributed by atoms with E-state index in [0.717, 1.165) is 5.56 Å². The highest BCUT2D eigenvalue weighted by Gasteiger charge is 2.13. The van der Waals surface area contributed by atoms with Crippen molar-refractivity contribution in [1.29, 1.82) is 0 Å². The number of amides is 2. The molecule has 2 amide bonds. The van der Waals surface area contributed by atoms with E-state index in [4.69, 9.17) is 5.73 Å². The van der Waals surface area contributed by atoms with E-state index < -0.39 is 11.8 Å². The van der Waals surface area contributed by atoms with Gasteiger partial charge in [0.05, 0.1) is 23.8 Å². The molecule has 0 aliphatic carbocycles. The summed E-state index contributed by atoms with van der Waals surface area (Å²) in [6.45, 7) is 2.08. The Hall–Kier alpha value is -2.02. The number of nitrogens with zero attached hydrogens (tertiary/aromatic N) is 1. The molecule has 0 radical (unpaired) electrons. The van der Waals surface area contributed by atoms with E-state index in [1.165, 1.54) is 0 Å². The van der Waals surface area contributed by atoms with Crippen molar-refractivity contribution in [2.45, 2.75) is 13.5 Å². The fraction of sp³-hybridized carbons (Fsp3) is 0.273. The second-order valence-corrected chi connectivity index (χ2v) is 4.12. The number of pyridine rings is 1. The van der Waals surface area contributed by atoms with Crippen molar-refractivity contribution in [2.75, 3.05) is 6.54 Å². The summed E-state index contributed by atoms with van der Waals surface area (Å²) < 4.78 is 0. The van der Waals surface area contributed by atoms with Crippen molar-refractivity contribution >= 4 is 29.0 Å². The minimum Gasteiger partial charge on any atom is -0.392 e. The van der Waals surface area contributed by atoms with Gasteiger partial charge in [-0.3, -0.25) is 14.6 Å². The average molecular weight is 266 g/mol. The smallest absolute Gasteiger partial charge is 0.309 e. The molecule has 1 heterocycles. The first kappa shape index (κ1) is 14.0. The number of aromatic nitrogens is 1. The van der Waals surface area contributed by atoms with Gasteiger partial charge in [0.25, 0.3) is 0 Å². The van der Waals surface area contributed by atoms with Gasteiger partial charge in [0.1, 0.15) is 0 Å². The van der Waals surface area contributed by atoms with E-state index in [1.54, 1.807) is 12.3 Å². The molecular formula is C11H14N4O2S. The standard InChI is InChI=1S/C11H14N4O2S/c1-7-3-2-4-13-8(7)5-14-10(16)11(17)15-6-9(12)18/h2-4H,5-6H2,1H3,(H2,12,18)(H,14,16)(H,15,17). The van der Waals surface area contributed by atoms with Crippen molar-refractivity contribution in [2.24, 2.45) is 5.73 Å². The molecule has 7 heteroatoms. The van der Waals surface area contributed by atoms with Gasteiger partial charge in [0.15, 0.2) is 0 Å². The molecule has 0 bridgehead atoms. The van der Waals surface area contributed by atoms with Crippen LogP contribution in [0.1, 0.15) is 11.3 Å². The van der Waals surface area contributed by atoms with Crippen LogP contribution in [0, 0.1) is 6.92 Å². The molecule has 0 saturated carbocycles. The van der Waals surface area contributed by atoms with Gasteiger partial charge in [-0.1, -0.05) is 18.3 Å². The zero-order chi connectivity index (χ0) is 13.5. The van der Waals surface area contributed by atoms with Gasteiger partial charge >= 0.3 is 11.8 Å². The third kappa shape index (κ3) is 4.46. The number of rotatable bonds is 4. The maximum absolute atomic E-state index is 11.4. The highest BCUT2D eigenvalue weighted by Crippen LogP contribution is 2.01. The van der Waals surface area contributed by atoms with E-state index in [1.807, 2.05) is 13.0 Å². The normalized spacial score (nSPS) is 9.61. The van der Waals surface area contributed by atoms with Gasteiger partial charge in [-0.25, -0.2) is 0 Å². The van der Waals surface area contributed by atoms with Crippen LogP contribution in [0.3, 0.4) is 0 Å². The molecule has 0 aliphatic heterocycles. The molecule has 18 heavy (non-hydrogen) atoms. The summed E-state index contributed by atoms with van der Waals surface area (Å²) in [4.78, 5) is 26.9. The van der Waals surface area contributed by atoms with Crippen molar-refractivity contribution in [1.82, 2.24) is 15.6 Å². The number of nitrogens with one attached hydrogen (secondary N) is 2. The first-order valence-corrected chi connectivity index (χ1v) is 5.66. The second kappa shape index (κ2) is 6.65. The van der Waals surface area contributed by atoms with E-state index >= 15 is 0 Å². The summed E-state index contributed by atoms with van der Waals surface area (Å²) >= 11 is 4.58. The lowest BCUT2D eigenvalue weighted by molar-refractivity contribution is -0.139. The maximum atomic E-state index is 11.4. The van der Waals surface area contributed by atoms with Crippen molar-refractivity contribution in [3.05, 3.63) is 29.6 Å². The fourth-order valence-electron chi connectivity index (χ4n) is 1.20. The van der Waals surface area contributed by atoms with Gasteiger partial charge < -0.3 is 16.4 Å². The summed E-state index contributed by atoms with van der Waals surface area (Å²) in [7, 11) is 0. The monoisotopic (exact) mass is 266 g/mol. The lowest BCUT2D eigenvalue weighted by Crippen LogP contribution is -2.42. The minimum atomic E-state index is -0.767. The summed E-state index contributed by atoms with van der Waals surface area (Å²) in [5.74, 6) is -1.51. The average Bonchev–Trinajstić information content (AvgIpc) is 2.34. The summed E-state index contributed by atoms with van der Waals surface area (Å²) in [6, 6.07) is 3.68. The van der Waals surface area contributed by atoms with Gasteiger partial charge in [0, 0.05) is 6.20 Å². The molecule has 0 atom stereocenters. The molecule has 1 rings (SSSR count). The highest BCUT2D eigenvalue weighted by molar-refractivity contribution is 7.80. The topological polar surface area (TPSA) is 97.1 Å². The number of thiocarbonyl (C=S) groups is 1. The predicted molar refractivity (Wildman–Crippen MR) is 70.6 cm³/mol. The largest absolute Gasteiger partial charge is 0.392 e. The number of hydrogen-bond acceptors (Lipinski definition) is 4. The molecule has 0 saturated heterocycles. The first-order chi connectivity index (χ1) is 8.50. The quantitative estimate of drug-likeness (QED) is 0.500. The van der Waals surface area contributed by atoms with Crippen LogP contribution in [-0.2, 0) is 16.1 Å². The van der Waals surface area contributed by atoms with E-state index in [0.29, 0.717) is 5.69 Å². The number of aryl methyl sites for hydroxylation is 1. The highest BCUT2D eigenvalue weighted by atomic mass is 32.1. The maximum Gasteiger partial charge on any atom is 0.309 e. The Bertz CT molecular complexity index is 476. The van der Waals surface area contributed by atoms with Crippen LogP contribution >= 0.6 is 12.2 Å². The molecule has 0 aromatic carbocycles.